The van der Waals surface area contributed by atoms with Crippen molar-refractivity contribution in [2.45, 2.75) is 56.9 Å². The number of hydrogen-bond donors (Lipinski definition) is 1. The van der Waals surface area contributed by atoms with E-state index in [0.717, 1.165) is 25.0 Å². The number of nitrogens with one attached hydrogen (secondary N) is 1. The highest BCUT2D eigenvalue weighted by Crippen LogP contribution is 2.34. The van der Waals surface area contributed by atoms with E-state index >= 15 is 0 Å². The minimum absolute atomic E-state index is 0.0261. The van der Waals surface area contributed by atoms with Crippen molar-refractivity contribution >= 4 is 5.91 Å². The number of halogens is 3. The summed E-state index contributed by atoms with van der Waals surface area (Å²) in [6.07, 6.45) is 1.20. The lowest BCUT2D eigenvalue weighted by Crippen LogP contribution is -2.43. The molecule has 0 spiro atoms. The lowest BCUT2D eigenvalue weighted by Gasteiger charge is -2.24. The van der Waals surface area contributed by atoms with Crippen molar-refractivity contribution in [3.8, 4) is 0 Å². The summed E-state index contributed by atoms with van der Waals surface area (Å²) in [5, 5.41) is 3.42. The summed E-state index contributed by atoms with van der Waals surface area (Å²) >= 11 is 0. The van der Waals surface area contributed by atoms with E-state index in [1.807, 2.05) is 0 Å². The van der Waals surface area contributed by atoms with Crippen LogP contribution in [0.15, 0.2) is 24.3 Å². The van der Waals surface area contributed by atoms with Crippen LogP contribution in [-0.2, 0) is 17.5 Å². The molecule has 1 aromatic rings. The number of carbonyl (C=O) groups is 1. The van der Waals surface area contributed by atoms with Crippen molar-refractivity contribution in [3.63, 3.8) is 0 Å². The Morgan fingerprint density at radius 3 is 2.75 bits per heavy atom. The fourth-order valence-electron chi connectivity index (χ4n) is 3.97. The van der Waals surface area contributed by atoms with Crippen molar-refractivity contribution in [1.82, 2.24) is 10.2 Å². The van der Waals surface area contributed by atoms with Crippen LogP contribution in [0.5, 0.6) is 0 Å². The summed E-state index contributed by atoms with van der Waals surface area (Å²) in [5.74, 6) is 0.538. The van der Waals surface area contributed by atoms with Crippen molar-refractivity contribution in [3.05, 3.63) is 35.4 Å². The predicted molar refractivity (Wildman–Crippen MR) is 85.2 cm³/mol. The molecule has 3 unspecified atom stereocenters. The molecule has 3 nitrogen and oxygen atoms in total. The molecule has 1 aliphatic carbocycles. The molecule has 0 aromatic heterocycles. The molecule has 1 aliphatic heterocycles. The Morgan fingerprint density at radius 1 is 1.29 bits per heavy atom. The predicted octanol–water partition coefficient (Wildman–Crippen LogP) is 3.58. The van der Waals surface area contributed by atoms with Gasteiger partial charge >= 0.3 is 6.18 Å². The fourth-order valence-corrected chi connectivity index (χ4v) is 3.97. The van der Waals surface area contributed by atoms with Crippen LogP contribution in [0.1, 0.15) is 43.2 Å². The molecule has 1 heterocycles. The van der Waals surface area contributed by atoms with Gasteiger partial charge in [-0.15, -0.1) is 0 Å². The van der Waals surface area contributed by atoms with Crippen LogP contribution in [0.4, 0.5) is 13.2 Å². The molecule has 6 heteroatoms. The Labute approximate surface area is 140 Å². The van der Waals surface area contributed by atoms with Gasteiger partial charge in [0.2, 0.25) is 5.91 Å². The zero-order chi connectivity index (χ0) is 17.3. The zero-order valence-electron chi connectivity index (χ0n) is 13.8. The van der Waals surface area contributed by atoms with Gasteiger partial charge < -0.3 is 10.2 Å². The third-order valence-corrected chi connectivity index (χ3v) is 5.21. The number of carbonyl (C=O) groups excluding carboxylic acids is 1. The Hall–Kier alpha value is -1.56. The minimum Gasteiger partial charge on any atom is -0.340 e. The lowest BCUT2D eigenvalue weighted by molar-refractivity contribution is -0.137. The van der Waals surface area contributed by atoms with E-state index in [-0.39, 0.29) is 18.5 Å². The average molecular weight is 340 g/mol. The Bertz CT molecular complexity index is 588. The largest absolute Gasteiger partial charge is 0.416 e. The summed E-state index contributed by atoms with van der Waals surface area (Å²) in [6.45, 7) is 0.191. The van der Waals surface area contributed by atoms with E-state index in [4.69, 9.17) is 0 Å². The first kappa shape index (κ1) is 17.3. The van der Waals surface area contributed by atoms with Crippen LogP contribution >= 0.6 is 0 Å². The lowest BCUT2D eigenvalue weighted by atomic mass is 9.85. The molecule has 1 saturated heterocycles. The van der Waals surface area contributed by atoms with Crippen molar-refractivity contribution in [2.24, 2.45) is 5.92 Å². The first-order valence-electron chi connectivity index (χ1n) is 8.52. The molecule has 1 N–H and O–H groups in total. The molecule has 3 atom stereocenters. The number of likely N-dealkylation sites (N-methyl/N-ethyl adjacent to an activating group) is 1. The molecular formula is C18H23F3N2O. The maximum Gasteiger partial charge on any atom is 0.416 e. The van der Waals surface area contributed by atoms with Gasteiger partial charge in [0.05, 0.1) is 11.6 Å². The Balaban J connectivity index is 1.62. The van der Waals surface area contributed by atoms with Gasteiger partial charge in [0.1, 0.15) is 0 Å². The third kappa shape index (κ3) is 3.74. The molecule has 0 radical (unpaired) electrons. The molecule has 2 aliphatic rings. The van der Waals surface area contributed by atoms with Crippen LogP contribution in [0.3, 0.4) is 0 Å². The van der Waals surface area contributed by atoms with Crippen molar-refractivity contribution in [2.75, 3.05) is 7.05 Å². The maximum absolute atomic E-state index is 12.8. The van der Waals surface area contributed by atoms with E-state index in [0.29, 0.717) is 17.5 Å². The smallest absolute Gasteiger partial charge is 0.340 e. The number of hydrogen-bond acceptors (Lipinski definition) is 2. The molecular weight excluding hydrogens is 317 g/mol. The molecule has 24 heavy (non-hydrogen) atoms. The number of rotatable bonds is 3. The fraction of sp³-hybridized carbons (Fsp3) is 0.611. The Kier molecular flexibility index (Phi) is 4.85. The van der Waals surface area contributed by atoms with Crippen LogP contribution in [-0.4, -0.2) is 29.9 Å². The molecule has 132 valence electrons. The monoisotopic (exact) mass is 340 g/mol. The summed E-state index contributed by atoms with van der Waals surface area (Å²) in [7, 11) is 1.66. The molecule has 1 aromatic carbocycles. The highest BCUT2D eigenvalue weighted by atomic mass is 19.4. The zero-order valence-corrected chi connectivity index (χ0v) is 13.8. The second kappa shape index (κ2) is 6.75. The summed E-state index contributed by atoms with van der Waals surface area (Å²) in [5.41, 5.74) is -0.179. The highest BCUT2D eigenvalue weighted by molar-refractivity contribution is 5.82. The SMILES string of the molecule is CN(Cc1cccc(C(F)(F)F)c1)C(=O)C1CC2CCCCC2N1. The number of benzene rings is 1. The average Bonchev–Trinajstić information content (AvgIpc) is 2.97. The van der Waals surface area contributed by atoms with Crippen LogP contribution < -0.4 is 5.32 Å². The highest BCUT2D eigenvalue weighted by Gasteiger charge is 2.39. The molecule has 1 amide bonds. The molecule has 2 fully saturated rings. The normalized spacial score (nSPS) is 26.9. The quantitative estimate of drug-likeness (QED) is 0.912. The standard InChI is InChI=1S/C18H23F3N2O/c1-23(11-12-5-4-7-14(9-12)18(19,20)21)17(24)16-10-13-6-2-3-8-15(13)22-16/h4-5,7,9,13,15-16,22H,2-3,6,8,10-11H2,1H3. The van der Waals surface area contributed by atoms with Gasteiger partial charge in [-0.05, 0) is 42.9 Å². The first-order valence-corrected chi connectivity index (χ1v) is 8.52. The van der Waals surface area contributed by atoms with Gasteiger partial charge in [-0.1, -0.05) is 25.0 Å². The third-order valence-electron chi connectivity index (χ3n) is 5.21. The minimum atomic E-state index is -4.36. The van der Waals surface area contributed by atoms with Gasteiger partial charge in [0.15, 0.2) is 0 Å². The van der Waals surface area contributed by atoms with E-state index in [1.165, 1.54) is 30.2 Å². The number of fused-ring (bicyclic) bond motifs is 1. The number of nitrogens with zero attached hydrogens (tertiary/aromatic N) is 1. The summed E-state index contributed by atoms with van der Waals surface area (Å²) < 4.78 is 38.4. The topological polar surface area (TPSA) is 32.3 Å². The van der Waals surface area contributed by atoms with Crippen LogP contribution in [0, 0.1) is 5.92 Å². The van der Waals surface area contributed by atoms with E-state index in [2.05, 4.69) is 5.32 Å². The van der Waals surface area contributed by atoms with Crippen LogP contribution in [0.25, 0.3) is 0 Å². The molecule has 1 saturated carbocycles. The second-order valence-electron chi connectivity index (χ2n) is 7.00. The van der Waals surface area contributed by atoms with E-state index in [1.54, 1.807) is 13.1 Å². The van der Waals surface area contributed by atoms with E-state index < -0.39 is 11.7 Å². The Morgan fingerprint density at radius 2 is 2.04 bits per heavy atom. The molecule has 0 bridgehead atoms. The first-order chi connectivity index (χ1) is 11.3. The summed E-state index contributed by atoms with van der Waals surface area (Å²) in [6, 6.07) is 5.41. The van der Waals surface area contributed by atoms with E-state index in [9.17, 15) is 18.0 Å². The summed E-state index contributed by atoms with van der Waals surface area (Å²) in [4.78, 5) is 14.1. The molecule has 3 rings (SSSR count). The maximum atomic E-state index is 12.8. The van der Waals surface area contributed by atoms with Gasteiger partial charge in [0, 0.05) is 19.6 Å². The van der Waals surface area contributed by atoms with Crippen molar-refractivity contribution in [1.29, 1.82) is 0 Å². The second-order valence-corrected chi connectivity index (χ2v) is 7.00. The van der Waals surface area contributed by atoms with Crippen LogP contribution in [0.2, 0.25) is 0 Å². The van der Waals surface area contributed by atoms with Gasteiger partial charge in [0.25, 0.3) is 0 Å². The number of amides is 1. The van der Waals surface area contributed by atoms with Gasteiger partial charge in [-0.3, -0.25) is 4.79 Å². The van der Waals surface area contributed by atoms with Gasteiger partial charge in [-0.25, -0.2) is 0 Å². The van der Waals surface area contributed by atoms with Gasteiger partial charge in [-0.2, -0.15) is 13.2 Å². The number of alkyl halides is 3. The van der Waals surface area contributed by atoms with Crippen molar-refractivity contribution < 1.29 is 18.0 Å².